The standard InChI is InChI=1S/C9H15N3O/c1-4-7(2)11-9(13)8-5-10-6-12(8)3/h5-7H,4H2,1-3H3,(H,11,13). The van der Waals surface area contributed by atoms with Crippen molar-refractivity contribution < 1.29 is 4.79 Å². The average molecular weight is 181 g/mol. The summed E-state index contributed by atoms with van der Waals surface area (Å²) in [5.41, 5.74) is 0.598. The molecule has 1 rings (SSSR count). The lowest BCUT2D eigenvalue weighted by Gasteiger charge is -2.10. The molecule has 1 N–H and O–H groups in total. The molecule has 1 heterocycles. The van der Waals surface area contributed by atoms with Crippen molar-refractivity contribution in [3.05, 3.63) is 18.2 Å². The lowest BCUT2D eigenvalue weighted by molar-refractivity contribution is 0.0931. The molecule has 1 amide bonds. The third-order valence-electron chi connectivity index (χ3n) is 2.04. The van der Waals surface area contributed by atoms with Gasteiger partial charge in [0, 0.05) is 13.1 Å². The summed E-state index contributed by atoms with van der Waals surface area (Å²) in [5.74, 6) is -0.0608. The largest absolute Gasteiger partial charge is 0.348 e. The van der Waals surface area contributed by atoms with Crippen LogP contribution >= 0.6 is 0 Å². The van der Waals surface area contributed by atoms with Crippen LogP contribution in [0.3, 0.4) is 0 Å². The predicted molar refractivity (Wildman–Crippen MR) is 50.4 cm³/mol. The predicted octanol–water partition coefficient (Wildman–Crippen LogP) is 0.948. The lowest BCUT2D eigenvalue weighted by Crippen LogP contribution is -2.33. The number of amides is 1. The summed E-state index contributed by atoms with van der Waals surface area (Å²) in [4.78, 5) is 15.4. The molecule has 0 fully saturated rings. The zero-order valence-electron chi connectivity index (χ0n) is 8.24. The van der Waals surface area contributed by atoms with Gasteiger partial charge < -0.3 is 9.88 Å². The number of nitrogens with zero attached hydrogens (tertiary/aromatic N) is 2. The molecule has 0 aliphatic carbocycles. The number of nitrogens with one attached hydrogen (secondary N) is 1. The number of hydrogen-bond donors (Lipinski definition) is 1. The molecular weight excluding hydrogens is 166 g/mol. The minimum absolute atomic E-state index is 0.0608. The molecule has 0 aliphatic rings. The van der Waals surface area contributed by atoms with Gasteiger partial charge in [0.2, 0.25) is 0 Å². The molecule has 0 aliphatic heterocycles. The zero-order valence-corrected chi connectivity index (χ0v) is 8.24. The molecule has 0 bridgehead atoms. The van der Waals surface area contributed by atoms with E-state index in [1.807, 2.05) is 13.8 Å². The van der Waals surface area contributed by atoms with E-state index in [0.717, 1.165) is 6.42 Å². The van der Waals surface area contributed by atoms with Crippen LogP contribution < -0.4 is 5.32 Å². The van der Waals surface area contributed by atoms with E-state index in [0.29, 0.717) is 5.69 Å². The van der Waals surface area contributed by atoms with Crippen LogP contribution in [0.1, 0.15) is 30.8 Å². The Labute approximate surface area is 78.0 Å². The van der Waals surface area contributed by atoms with Gasteiger partial charge in [-0.2, -0.15) is 0 Å². The van der Waals surface area contributed by atoms with Gasteiger partial charge in [-0.3, -0.25) is 4.79 Å². The summed E-state index contributed by atoms with van der Waals surface area (Å²) in [6.45, 7) is 4.02. The summed E-state index contributed by atoms with van der Waals surface area (Å²) >= 11 is 0. The molecule has 0 aromatic carbocycles. The van der Waals surface area contributed by atoms with Gasteiger partial charge in [0.15, 0.2) is 0 Å². The van der Waals surface area contributed by atoms with Crippen LogP contribution in [-0.4, -0.2) is 21.5 Å². The Morgan fingerprint density at radius 1 is 1.77 bits per heavy atom. The minimum Gasteiger partial charge on any atom is -0.348 e. The fourth-order valence-electron chi connectivity index (χ4n) is 0.976. The van der Waals surface area contributed by atoms with E-state index in [4.69, 9.17) is 0 Å². The summed E-state index contributed by atoms with van der Waals surface area (Å²) in [5, 5.41) is 2.87. The molecule has 1 aromatic heterocycles. The summed E-state index contributed by atoms with van der Waals surface area (Å²) in [7, 11) is 1.80. The van der Waals surface area contributed by atoms with Crippen LogP contribution in [0.2, 0.25) is 0 Å². The van der Waals surface area contributed by atoms with Crippen molar-refractivity contribution in [2.75, 3.05) is 0 Å². The van der Waals surface area contributed by atoms with Gasteiger partial charge in [0.05, 0.1) is 12.5 Å². The molecule has 4 nitrogen and oxygen atoms in total. The van der Waals surface area contributed by atoms with Gasteiger partial charge in [-0.15, -0.1) is 0 Å². The molecule has 0 radical (unpaired) electrons. The zero-order chi connectivity index (χ0) is 9.84. The fraction of sp³-hybridized carbons (Fsp3) is 0.556. The van der Waals surface area contributed by atoms with E-state index in [9.17, 15) is 4.79 Å². The monoisotopic (exact) mass is 181 g/mol. The number of aromatic nitrogens is 2. The molecule has 72 valence electrons. The van der Waals surface area contributed by atoms with Crippen molar-refractivity contribution in [1.82, 2.24) is 14.9 Å². The SMILES string of the molecule is CCC(C)NC(=O)c1cncn1C. The van der Waals surface area contributed by atoms with E-state index < -0.39 is 0 Å². The van der Waals surface area contributed by atoms with Crippen LogP contribution in [0.5, 0.6) is 0 Å². The number of rotatable bonds is 3. The third-order valence-corrected chi connectivity index (χ3v) is 2.04. The number of aryl methyl sites for hydroxylation is 1. The normalized spacial score (nSPS) is 12.5. The van der Waals surface area contributed by atoms with Crippen molar-refractivity contribution in [2.24, 2.45) is 7.05 Å². The average Bonchev–Trinajstić information content (AvgIpc) is 2.51. The van der Waals surface area contributed by atoms with E-state index >= 15 is 0 Å². The lowest BCUT2D eigenvalue weighted by atomic mass is 10.2. The first-order valence-corrected chi connectivity index (χ1v) is 4.42. The van der Waals surface area contributed by atoms with Crippen LogP contribution in [0, 0.1) is 0 Å². The quantitative estimate of drug-likeness (QED) is 0.754. The second-order valence-corrected chi connectivity index (χ2v) is 3.17. The maximum atomic E-state index is 11.5. The molecule has 0 saturated carbocycles. The van der Waals surface area contributed by atoms with E-state index in [2.05, 4.69) is 10.3 Å². The summed E-state index contributed by atoms with van der Waals surface area (Å²) < 4.78 is 1.71. The topological polar surface area (TPSA) is 46.9 Å². The highest BCUT2D eigenvalue weighted by Gasteiger charge is 2.10. The Hall–Kier alpha value is -1.32. The first-order chi connectivity index (χ1) is 6.15. The number of imidazole rings is 1. The van der Waals surface area contributed by atoms with Crippen molar-refractivity contribution in [3.8, 4) is 0 Å². The number of hydrogen-bond acceptors (Lipinski definition) is 2. The van der Waals surface area contributed by atoms with Gasteiger partial charge in [0.1, 0.15) is 5.69 Å². The Morgan fingerprint density at radius 2 is 2.46 bits per heavy atom. The van der Waals surface area contributed by atoms with E-state index in [1.165, 1.54) is 0 Å². The van der Waals surface area contributed by atoms with Crippen LogP contribution in [0.25, 0.3) is 0 Å². The molecule has 1 atom stereocenters. The van der Waals surface area contributed by atoms with Crippen molar-refractivity contribution in [3.63, 3.8) is 0 Å². The van der Waals surface area contributed by atoms with Crippen molar-refractivity contribution >= 4 is 5.91 Å². The van der Waals surface area contributed by atoms with Crippen molar-refractivity contribution in [1.29, 1.82) is 0 Å². The Kier molecular flexibility index (Phi) is 3.06. The van der Waals surface area contributed by atoms with Gasteiger partial charge in [0.25, 0.3) is 5.91 Å². The number of carbonyl (C=O) groups is 1. The van der Waals surface area contributed by atoms with Crippen LogP contribution in [0.4, 0.5) is 0 Å². The Balaban J connectivity index is 2.64. The second-order valence-electron chi connectivity index (χ2n) is 3.17. The van der Waals surface area contributed by atoms with Gasteiger partial charge in [-0.25, -0.2) is 4.98 Å². The van der Waals surface area contributed by atoms with Gasteiger partial charge in [-0.05, 0) is 13.3 Å². The van der Waals surface area contributed by atoms with Gasteiger partial charge in [-0.1, -0.05) is 6.92 Å². The maximum Gasteiger partial charge on any atom is 0.269 e. The first-order valence-electron chi connectivity index (χ1n) is 4.42. The molecule has 0 spiro atoms. The maximum absolute atomic E-state index is 11.5. The summed E-state index contributed by atoms with van der Waals surface area (Å²) in [6.07, 6.45) is 4.12. The van der Waals surface area contributed by atoms with Crippen LogP contribution in [0.15, 0.2) is 12.5 Å². The van der Waals surface area contributed by atoms with Crippen LogP contribution in [-0.2, 0) is 7.05 Å². The highest BCUT2D eigenvalue weighted by molar-refractivity contribution is 5.92. The highest BCUT2D eigenvalue weighted by atomic mass is 16.2. The first kappa shape index (κ1) is 9.77. The molecule has 1 aromatic rings. The Morgan fingerprint density at radius 3 is 2.92 bits per heavy atom. The minimum atomic E-state index is -0.0608. The fourth-order valence-corrected chi connectivity index (χ4v) is 0.976. The number of carbonyl (C=O) groups excluding carboxylic acids is 1. The highest BCUT2D eigenvalue weighted by Crippen LogP contribution is 1.97. The molecule has 0 saturated heterocycles. The van der Waals surface area contributed by atoms with Gasteiger partial charge >= 0.3 is 0 Å². The van der Waals surface area contributed by atoms with Crippen molar-refractivity contribution in [2.45, 2.75) is 26.3 Å². The molecule has 1 unspecified atom stereocenters. The van der Waals surface area contributed by atoms with E-state index in [-0.39, 0.29) is 11.9 Å². The molecule has 4 heteroatoms. The molecule has 13 heavy (non-hydrogen) atoms. The third kappa shape index (κ3) is 2.31. The smallest absolute Gasteiger partial charge is 0.269 e. The second kappa shape index (κ2) is 4.07. The Bertz CT molecular complexity index is 293. The summed E-state index contributed by atoms with van der Waals surface area (Å²) in [6, 6.07) is 0.211. The van der Waals surface area contributed by atoms with E-state index in [1.54, 1.807) is 24.1 Å². The molecular formula is C9H15N3O.